The summed E-state index contributed by atoms with van der Waals surface area (Å²) < 4.78 is 0. The van der Waals surface area contributed by atoms with Crippen molar-refractivity contribution in [2.75, 3.05) is 36.0 Å². The molecule has 0 saturated heterocycles. The van der Waals surface area contributed by atoms with Gasteiger partial charge in [0.05, 0.1) is 0 Å². The van der Waals surface area contributed by atoms with Gasteiger partial charge >= 0.3 is 0 Å². The Morgan fingerprint density at radius 1 is 0.605 bits per heavy atom. The predicted molar refractivity (Wildman–Crippen MR) is 153 cm³/mol. The average Bonchev–Trinajstić information content (AvgIpc) is 2.91. The van der Waals surface area contributed by atoms with E-state index in [1.807, 2.05) is 12.1 Å². The molecule has 1 aliphatic rings. The van der Waals surface area contributed by atoms with Gasteiger partial charge in [0, 0.05) is 49.7 Å². The number of rotatable bonds is 16. The first kappa shape index (κ1) is 30.1. The van der Waals surface area contributed by atoms with Gasteiger partial charge in [-0.05, 0) is 61.8 Å². The van der Waals surface area contributed by atoms with Gasteiger partial charge in [-0.1, -0.05) is 64.5 Å². The summed E-state index contributed by atoms with van der Waals surface area (Å²) in [5.74, 6) is -1.61. The molecule has 6 heteroatoms. The highest BCUT2D eigenvalue weighted by Gasteiger charge is 2.40. The fourth-order valence-corrected chi connectivity index (χ4v) is 5.80. The Balaban J connectivity index is 1.69. The first-order valence-corrected chi connectivity index (χ1v) is 14.8. The highest BCUT2D eigenvalue weighted by atomic mass is 16.3. The molecule has 2 N–H and O–H groups in total. The number of anilines is 2. The fourth-order valence-electron chi connectivity index (χ4n) is 5.80. The topological polar surface area (TPSA) is 93.1 Å². The predicted octanol–water partition coefficient (Wildman–Crippen LogP) is 5.25. The van der Waals surface area contributed by atoms with Crippen molar-refractivity contribution >= 4 is 11.4 Å². The summed E-state index contributed by atoms with van der Waals surface area (Å²) in [6.07, 6.45) is 6.94. The van der Waals surface area contributed by atoms with E-state index < -0.39 is 24.0 Å². The molecule has 0 bridgehead atoms. The molecule has 0 aliphatic heterocycles. The lowest BCUT2D eigenvalue weighted by Crippen LogP contribution is -2.63. The largest absolute Gasteiger partial charge is 0.851 e. The zero-order valence-corrected chi connectivity index (χ0v) is 23.9. The Morgan fingerprint density at radius 3 is 1.32 bits per heavy atom. The molecule has 2 aromatic carbocycles. The van der Waals surface area contributed by atoms with Crippen molar-refractivity contribution in [3.8, 4) is 11.5 Å². The molecule has 3 rings (SSSR count). The van der Waals surface area contributed by atoms with E-state index in [1.165, 1.54) is 38.5 Å². The maximum atomic E-state index is 13.3. The molecular weight excluding hydrogens is 476 g/mol. The molecule has 212 valence electrons. The first-order valence-electron chi connectivity index (χ1n) is 14.8. The second-order valence-electron chi connectivity index (χ2n) is 10.7. The quantitative estimate of drug-likeness (QED) is 0.291. The van der Waals surface area contributed by atoms with E-state index in [1.54, 1.807) is 24.3 Å². The summed E-state index contributed by atoms with van der Waals surface area (Å²) in [7, 11) is 0. The highest BCUT2D eigenvalue weighted by molar-refractivity contribution is 5.58. The van der Waals surface area contributed by atoms with Crippen molar-refractivity contribution < 1.29 is 20.4 Å². The minimum absolute atomic E-state index is 0.0147. The molecule has 0 unspecified atom stereocenters. The lowest BCUT2D eigenvalue weighted by Gasteiger charge is -2.61. The Morgan fingerprint density at radius 2 is 1.00 bits per heavy atom. The summed E-state index contributed by atoms with van der Waals surface area (Å²) in [4.78, 5) is 4.43. The van der Waals surface area contributed by atoms with Crippen LogP contribution in [-0.2, 0) is 0 Å². The molecule has 0 aromatic heterocycles. The lowest BCUT2D eigenvalue weighted by atomic mass is 9.63. The van der Waals surface area contributed by atoms with Gasteiger partial charge in [0.2, 0.25) is 0 Å². The van der Waals surface area contributed by atoms with Crippen molar-refractivity contribution in [1.29, 1.82) is 0 Å². The SMILES string of the molecule is CCCCCCN(CC)c1ccc(C2C([O-])C(c3ccc(N(CC)CCCCCC)cc3O)C2[O-])c(O)c1. The molecule has 1 fully saturated rings. The Kier molecular flexibility index (Phi) is 11.6. The molecule has 2 aromatic rings. The number of phenolic OH excluding ortho intramolecular Hbond substituents is 2. The first-order chi connectivity index (χ1) is 18.4. The number of aromatic hydroxyl groups is 2. The molecule has 0 amide bonds. The monoisotopic (exact) mass is 524 g/mol. The van der Waals surface area contributed by atoms with Crippen molar-refractivity contribution in [3.05, 3.63) is 47.5 Å². The summed E-state index contributed by atoms with van der Waals surface area (Å²) in [5.41, 5.74) is 2.67. The maximum absolute atomic E-state index is 13.3. The van der Waals surface area contributed by atoms with Crippen LogP contribution in [-0.4, -0.2) is 48.6 Å². The van der Waals surface area contributed by atoms with Crippen molar-refractivity contribution in [2.24, 2.45) is 0 Å². The fraction of sp³-hybridized carbons (Fsp3) is 0.625. The van der Waals surface area contributed by atoms with Gasteiger partial charge in [0.1, 0.15) is 11.5 Å². The second-order valence-corrected chi connectivity index (χ2v) is 10.7. The van der Waals surface area contributed by atoms with E-state index in [2.05, 4.69) is 37.5 Å². The number of benzene rings is 2. The molecule has 0 heterocycles. The van der Waals surface area contributed by atoms with Crippen LogP contribution in [0.3, 0.4) is 0 Å². The summed E-state index contributed by atoms with van der Waals surface area (Å²) in [6.45, 7) is 12.1. The Labute approximate surface area is 229 Å². The van der Waals surface area contributed by atoms with E-state index >= 15 is 0 Å². The summed E-state index contributed by atoms with van der Waals surface area (Å²) in [5, 5.41) is 48.1. The van der Waals surface area contributed by atoms with Crippen LogP contribution in [0, 0.1) is 0 Å². The molecule has 0 radical (unpaired) electrons. The Bertz CT molecular complexity index is 910. The summed E-state index contributed by atoms with van der Waals surface area (Å²) >= 11 is 0. The molecule has 1 aliphatic carbocycles. The minimum atomic E-state index is -1.21. The third-order valence-corrected chi connectivity index (χ3v) is 8.22. The molecule has 0 spiro atoms. The Hall–Kier alpha value is -2.44. The van der Waals surface area contributed by atoms with Gasteiger partial charge < -0.3 is 30.2 Å². The zero-order valence-electron chi connectivity index (χ0n) is 23.9. The molecule has 38 heavy (non-hydrogen) atoms. The normalized spacial score (nSPS) is 20.8. The van der Waals surface area contributed by atoms with Gasteiger partial charge in [0.25, 0.3) is 0 Å². The second kappa shape index (κ2) is 14.6. The molecule has 6 nitrogen and oxygen atoms in total. The van der Waals surface area contributed by atoms with E-state index in [9.17, 15) is 20.4 Å². The van der Waals surface area contributed by atoms with Crippen molar-refractivity contribution in [2.45, 2.75) is 103 Å². The van der Waals surface area contributed by atoms with Crippen LogP contribution in [0.15, 0.2) is 36.4 Å². The number of nitrogens with zero attached hydrogens (tertiary/aromatic N) is 2. The van der Waals surface area contributed by atoms with Crippen molar-refractivity contribution in [3.63, 3.8) is 0 Å². The van der Waals surface area contributed by atoms with Crippen molar-refractivity contribution in [1.82, 2.24) is 0 Å². The van der Waals surface area contributed by atoms with Crippen LogP contribution < -0.4 is 20.0 Å². The number of hydrogen-bond donors (Lipinski definition) is 2. The van der Waals surface area contributed by atoms with Gasteiger partial charge in [-0.15, -0.1) is 12.2 Å². The number of unbranched alkanes of at least 4 members (excludes halogenated alkanes) is 6. The number of phenols is 2. The van der Waals surface area contributed by atoms with Gasteiger partial charge in [0.15, 0.2) is 0 Å². The van der Waals surface area contributed by atoms with E-state index in [4.69, 9.17) is 0 Å². The molecule has 1 saturated carbocycles. The van der Waals surface area contributed by atoms with E-state index in [-0.39, 0.29) is 11.5 Å². The highest BCUT2D eigenvalue weighted by Crippen LogP contribution is 2.50. The minimum Gasteiger partial charge on any atom is -0.851 e. The van der Waals surface area contributed by atoms with E-state index in [0.717, 1.165) is 50.4 Å². The molecule has 0 atom stereocenters. The standard InChI is InChI=1S/C32H48N2O4/c1-5-9-11-13-19-33(7-3)23-15-17-25(27(35)21-23)29-31(37)30(32(29)38)26-18-16-24(22-28(26)36)34(8-4)20-14-12-10-6-2/h15-18,21-22,29-32,35-36H,5-14,19-20H2,1-4H3/q-2. The van der Waals surface area contributed by atoms with Crippen LogP contribution in [0.2, 0.25) is 0 Å². The van der Waals surface area contributed by atoms with Crippen LogP contribution in [0.1, 0.15) is 102 Å². The average molecular weight is 525 g/mol. The zero-order chi connectivity index (χ0) is 27.7. The molecular formula is C32H48N2O4-2. The van der Waals surface area contributed by atoms with Crippen LogP contribution in [0.25, 0.3) is 0 Å². The third-order valence-electron chi connectivity index (χ3n) is 8.22. The van der Waals surface area contributed by atoms with Crippen LogP contribution in [0.5, 0.6) is 11.5 Å². The van der Waals surface area contributed by atoms with Gasteiger partial charge in [-0.25, -0.2) is 0 Å². The van der Waals surface area contributed by atoms with E-state index in [0.29, 0.717) is 11.1 Å². The van der Waals surface area contributed by atoms with Gasteiger partial charge in [-0.3, -0.25) is 0 Å². The van der Waals surface area contributed by atoms with Crippen LogP contribution >= 0.6 is 0 Å². The maximum Gasteiger partial charge on any atom is 0.121 e. The third kappa shape index (κ3) is 6.95. The van der Waals surface area contributed by atoms with Gasteiger partial charge in [-0.2, -0.15) is 0 Å². The number of hydrogen-bond acceptors (Lipinski definition) is 6. The van der Waals surface area contributed by atoms with Crippen LogP contribution in [0.4, 0.5) is 11.4 Å². The summed E-state index contributed by atoms with van der Waals surface area (Å²) in [6, 6.07) is 10.7. The lowest BCUT2D eigenvalue weighted by molar-refractivity contribution is -0.536. The smallest absolute Gasteiger partial charge is 0.121 e.